The maximum absolute atomic E-state index is 13.1. The summed E-state index contributed by atoms with van der Waals surface area (Å²) in [5.41, 5.74) is 2.83. The number of amides is 1. The first kappa shape index (κ1) is 20.3. The molecule has 1 N–H and O–H groups in total. The van der Waals surface area contributed by atoms with E-state index in [4.69, 9.17) is 0 Å². The zero-order valence-electron chi connectivity index (χ0n) is 16.0. The van der Waals surface area contributed by atoms with Gasteiger partial charge in [0.2, 0.25) is 5.91 Å². The Bertz CT molecular complexity index is 579. The van der Waals surface area contributed by atoms with Crippen LogP contribution in [0, 0.1) is 5.92 Å². The standard InChI is InChI=1S/C21H32N2O.ClH/c1-15-14-17(11-12-22-15)20(24)23-13-5-6-19(23)16-7-9-18(10-8-16)21(2,3)4;/h7-10,15,17,19,22H,5-6,11-14H2,1-4H3;1H/t15-,17-,19?;/m0./s1. The summed E-state index contributed by atoms with van der Waals surface area (Å²) in [6.07, 6.45) is 4.18. The molecule has 2 aliphatic rings. The van der Waals surface area contributed by atoms with E-state index in [9.17, 15) is 4.79 Å². The topological polar surface area (TPSA) is 32.3 Å². The van der Waals surface area contributed by atoms with Gasteiger partial charge in [0.25, 0.3) is 0 Å². The predicted molar refractivity (Wildman–Crippen MR) is 106 cm³/mol. The van der Waals surface area contributed by atoms with E-state index in [0.29, 0.717) is 11.9 Å². The van der Waals surface area contributed by atoms with Crippen LogP contribution in [0.15, 0.2) is 24.3 Å². The van der Waals surface area contributed by atoms with Crippen molar-refractivity contribution in [2.24, 2.45) is 5.92 Å². The lowest BCUT2D eigenvalue weighted by molar-refractivity contribution is -0.137. The average Bonchev–Trinajstić information content (AvgIpc) is 3.03. The predicted octanol–water partition coefficient (Wildman–Crippen LogP) is 4.46. The van der Waals surface area contributed by atoms with Crippen LogP contribution >= 0.6 is 12.4 Å². The maximum Gasteiger partial charge on any atom is 0.226 e. The molecule has 2 saturated heterocycles. The molecule has 2 fully saturated rings. The number of carbonyl (C=O) groups is 1. The summed E-state index contributed by atoms with van der Waals surface area (Å²) in [4.78, 5) is 15.2. The number of hydrogen-bond acceptors (Lipinski definition) is 2. The maximum atomic E-state index is 13.1. The summed E-state index contributed by atoms with van der Waals surface area (Å²) in [6.45, 7) is 10.8. The highest BCUT2D eigenvalue weighted by Crippen LogP contribution is 2.35. The summed E-state index contributed by atoms with van der Waals surface area (Å²) in [7, 11) is 0. The number of nitrogens with zero attached hydrogens (tertiary/aromatic N) is 1. The van der Waals surface area contributed by atoms with Gasteiger partial charge in [-0.2, -0.15) is 0 Å². The van der Waals surface area contributed by atoms with E-state index in [-0.39, 0.29) is 29.8 Å². The highest BCUT2D eigenvalue weighted by molar-refractivity contribution is 5.85. The van der Waals surface area contributed by atoms with Crippen molar-refractivity contribution < 1.29 is 4.79 Å². The molecule has 0 saturated carbocycles. The van der Waals surface area contributed by atoms with E-state index < -0.39 is 0 Å². The van der Waals surface area contributed by atoms with Crippen LogP contribution in [-0.2, 0) is 10.2 Å². The number of nitrogens with one attached hydrogen (secondary N) is 1. The van der Waals surface area contributed by atoms with Crippen LogP contribution in [0.4, 0.5) is 0 Å². The van der Waals surface area contributed by atoms with Gasteiger partial charge in [-0.25, -0.2) is 0 Å². The van der Waals surface area contributed by atoms with E-state index in [1.165, 1.54) is 11.1 Å². The van der Waals surface area contributed by atoms with E-state index >= 15 is 0 Å². The molecule has 1 aromatic rings. The first-order valence-corrected chi connectivity index (χ1v) is 9.50. The number of rotatable bonds is 2. The number of hydrogen-bond donors (Lipinski definition) is 1. The number of carbonyl (C=O) groups excluding carboxylic acids is 1. The normalized spacial score (nSPS) is 27.0. The van der Waals surface area contributed by atoms with Gasteiger partial charge < -0.3 is 10.2 Å². The van der Waals surface area contributed by atoms with Gasteiger partial charge in [-0.05, 0) is 55.7 Å². The van der Waals surface area contributed by atoms with Crippen molar-refractivity contribution in [1.82, 2.24) is 10.2 Å². The zero-order chi connectivity index (χ0) is 17.3. The van der Waals surface area contributed by atoms with Gasteiger partial charge in [-0.3, -0.25) is 4.79 Å². The highest BCUT2D eigenvalue weighted by atomic mass is 35.5. The van der Waals surface area contributed by atoms with Gasteiger partial charge in [0.05, 0.1) is 6.04 Å². The monoisotopic (exact) mass is 364 g/mol. The Hall–Kier alpha value is -1.06. The van der Waals surface area contributed by atoms with Gasteiger partial charge in [0.1, 0.15) is 0 Å². The fourth-order valence-electron chi connectivity index (χ4n) is 4.17. The molecule has 4 heteroatoms. The average molecular weight is 365 g/mol. The van der Waals surface area contributed by atoms with Gasteiger partial charge in [-0.1, -0.05) is 45.0 Å². The van der Waals surface area contributed by atoms with E-state index in [0.717, 1.165) is 38.8 Å². The van der Waals surface area contributed by atoms with Crippen LogP contribution in [0.5, 0.6) is 0 Å². The second-order valence-electron chi connectivity index (χ2n) is 8.64. The Labute approximate surface area is 159 Å². The molecule has 3 nitrogen and oxygen atoms in total. The van der Waals surface area contributed by atoms with Crippen molar-refractivity contribution in [2.45, 2.75) is 70.9 Å². The van der Waals surface area contributed by atoms with Crippen LogP contribution in [0.1, 0.15) is 70.5 Å². The summed E-state index contributed by atoms with van der Waals surface area (Å²) in [5.74, 6) is 0.585. The molecular weight excluding hydrogens is 332 g/mol. The molecular formula is C21H33ClN2O. The number of halogens is 1. The molecule has 25 heavy (non-hydrogen) atoms. The third-order valence-corrected chi connectivity index (χ3v) is 5.67. The first-order valence-electron chi connectivity index (χ1n) is 9.50. The Morgan fingerprint density at radius 2 is 1.84 bits per heavy atom. The van der Waals surface area contributed by atoms with Crippen molar-refractivity contribution in [3.05, 3.63) is 35.4 Å². The van der Waals surface area contributed by atoms with Gasteiger partial charge >= 0.3 is 0 Å². The molecule has 3 rings (SSSR count). The smallest absolute Gasteiger partial charge is 0.226 e. The second-order valence-corrected chi connectivity index (χ2v) is 8.64. The van der Waals surface area contributed by atoms with Crippen LogP contribution in [0.3, 0.4) is 0 Å². The van der Waals surface area contributed by atoms with E-state index in [2.05, 4.69) is 62.2 Å². The molecule has 0 bridgehead atoms. The highest BCUT2D eigenvalue weighted by Gasteiger charge is 2.35. The minimum atomic E-state index is 0. The minimum Gasteiger partial charge on any atom is -0.335 e. The molecule has 2 aliphatic heterocycles. The van der Waals surface area contributed by atoms with E-state index in [1.807, 2.05) is 0 Å². The molecule has 0 aliphatic carbocycles. The van der Waals surface area contributed by atoms with Crippen molar-refractivity contribution in [3.63, 3.8) is 0 Å². The lowest BCUT2D eigenvalue weighted by Gasteiger charge is -2.33. The molecule has 0 radical (unpaired) electrons. The molecule has 3 atom stereocenters. The fraction of sp³-hybridized carbons (Fsp3) is 0.667. The van der Waals surface area contributed by atoms with Gasteiger partial charge in [0.15, 0.2) is 0 Å². The fourth-order valence-corrected chi connectivity index (χ4v) is 4.17. The van der Waals surface area contributed by atoms with Crippen molar-refractivity contribution in [2.75, 3.05) is 13.1 Å². The Balaban J connectivity index is 0.00000225. The largest absolute Gasteiger partial charge is 0.335 e. The molecule has 2 heterocycles. The van der Waals surface area contributed by atoms with Crippen molar-refractivity contribution >= 4 is 18.3 Å². The summed E-state index contributed by atoms with van der Waals surface area (Å²) >= 11 is 0. The number of likely N-dealkylation sites (tertiary alicyclic amines) is 1. The summed E-state index contributed by atoms with van der Waals surface area (Å²) < 4.78 is 0. The summed E-state index contributed by atoms with van der Waals surface area (Å²) in [5, 5.41) is 3.45. The van der Waals surface area contributed by atoms with Gasteiger partial charge in [-0.15, -0.1) is 12.4 Å². The first-order chi connectivity index (χ1) is 11.4. The Morgan fingerprint density at radius 3 is 2.44 bits per heavy atom. The van der Waals surface area contributed by atoms with Crippen LogP contribution in [0.25, 0.3) is 0 Å². The Morgan fingerprint density at radius 1 is 1.16 bits per heavy atom. The molecule has 1 unspecified atom stereocenters. The molecule has 0 aromatic heterocycles. The van der Waals surface area contributed by atoms with Crippen LogP contribution in [-0.4, -0.2) is 29.9 Å². The summed E-state index contributed by atoms with van der Waals surface area (Å²) in [6, 6.07) is 9.69. The van der Waals surface area contributed by atoms with Crippen molar-refractivity contribution in [1.29, 1.82) is 0 Å². The molecule has 140 valence electrons. The molecule has 1 aromatic carbocycles. The number of piperidine rings is 1. The minimum absolute atomic E-state index is 0. The quantitative estimate of drug-likeness (QED) is 0.840. The zero-order valence-corrected chi connectivity index (χ0v) is 16.9. The lowest BCUT2D eigenvalue weighted by atomic mass is 9.86. The third kappa shape index (κ3) is 4.57. The second kappa shape index (κ2) is 8.09. The van der Waals surface area contributed by atoms with E-state index in [1.54, 1.807) is 0 Å². The third-order valence-electron chi connectivity index (χ3n) is 5.67. The number of benzene rings is 1. The SMILES string of the molecule is C[C@H]1C[C@@H](C(=O)N2CCCC2c2ccc(C(C)(C)C)cc2)CCN1.Cl. The van der Waals surface area contributed by atoms with Crippen molar-refractivity contribution in [3.8, 4) is 0 Å². The van der Waals surface area contributed by atoms with Crippen LogP contribution < -0.4 is 5.32 Å². The van der Waals surface area contributed by atoms with Crippen LogP contribution in [0.2, 0.25) is 0 Å². The Kier molecular flexibility index (Phi) is 6.56. The molecule has 1 amide bonds. The molecule has 0 spiro atoms. The lowest BCUT2D eigenvalue weighted by Crippen LogP contribution is -2.44. The van der Waals surface area contributed by atoms with Gasteiger partial charge in [0, 0.05) is 18.5 Å².